The maximum Gasteiger partial charge on any atom is 0.270 e. The fraction of sp³-hybridized carbons (Fsp3) is 0.556. The van der Waals surface area contributed by atoms with Crippen LogP contribution in [0, 0.1) is 5.92 Å². The van der Waals surface area contributed by atoms with Gasteiger partial charge in [-0.1, -0.05) is 43.2 Å². The molecule has 5 atom stereocenters. The molecule has 1 aromatic heterocycles. The van der Waals surface area contributed by atoms with Gasteiger partial charge in [0, 0.05) is 30.3 Å². The zero-order valence-electron chi connectivity index (χ0n) is 28.4. The molecule has 1 aromatic carbocycles. The number of carbonyl (C=O) groups excluding carboxylic acids is 5. The van der Waals surface area contributed by atoms with Crippen molar-refractivity contribution in [1.82, 2.24) is 30.6 Å². The first-order valence-electron chi connectivity index (χ1n) is 18.0. The highest BCUT2D eigenvalue weighted by atomic mass is 32.2. The summed E-state index contributed by atoms with van der Waals surface area (Å²) in [6, 6.07) is 6.21. The molecule has 5 amide bonds. The molecule has 5 aliphatic rings. The molecule has 14 nitrogen and oxygen atoms in total. The molecule has 4 heterocycles. The van der Waals surface area contributed by atoms with Gasteiger partial charge in [-0.3, -0.25) is 28.7 Å². The predicted octanol–water partition coefficient (Wildman–Crippen LogP) is 1.99. The van der Waals surface area contributed by atoms with Crippen molar-refractivity contribution < 1.29 is 37.1 Å². The molecule has 2 aromatic rings. The third kappa shape index (κ3) is 7.58. The molecule has 1 saturated heterocycles. The molecule has 0 radical (unpaired) electrons. The van der Waals surface area contributed by atoms with E-state index in [1.54, 1.807) is 18.2 Å². The Morgan fingerprint density at radius 3 is 2.65 bits per heavy atom. The first-order valence-corrected chi connectivity index (χ1v) is 19.6. The Morgan fingerprint density at radius 2 is 1.82 bits per heavy atom. The summed E-state index contributed by atoms with van der Waals surface area (Å²) >= 11 is 0. The summed E-state index contributed by atoms with van der Waals surface area (Å²) in [6.45, 7) is 0.316. The van der Waals surface area contributed by atoms with E-state index in [1.165, 1.54) is 4.90 Å². The van der Waals surface area contributed by atoms with Gasteiger partial charge < -0.3 is 25.6 Å². The van der Waals surface area contributed by atoms with E-state index in [1.807, 2.05) is 24.3 Å². The summed E-state index contributed by atoms with van der Waals surface area (Å²) < 4.78 is 33.7. The van der Waals surface area contributed by atoms with Gasteiger partial charge in [0.1, 0.15) is 34.6 Å². The molecule has 5 bridgehead atoms. The average Bonchev–Trinajstić information content (AvgIpc) is 4.03. The van der Waals surface area contributed by atoms with Crippen LogP contribution in [0.2, 0.25) is 0 Å². The van der Waals surface area contributed by atoms with Gasteiger partial charge in [0.15, 0.2) is 0 Å². The smallest absolute Gasteiger partial charge is 0.270 e. The summed E-state index contributed by atoms with van der Waals surface area (Å²) in [6.07, 6.45) is 9.59. The zero-order valence-corrected chi connectivity index (χ0v) is 29.2. The van der Waals surface area contributed by atoms with Crippen molar-refractivity contribution in [3.8, 4) is 5.75 Å². The maximum atomic E-state index is 14.3. The molecule has 272 valence electrons. The number of rotatable bonds is 3. The Morgan fingerprint density at radius 1 is 0.980 bits per heavy atom. The number of ether oxygens (including phenoxy) is 1. The van der Waals surface area contributed by atoms with Crippen molar-refractivity contribution in [2.24, 2.45) is 5.92 Å². The monoisotopic (exact) mass is 720 g/mol. The lowest BCUT2D eigenvalue weighted by molar-refractivity contribution is -0.142. The predicted molar refractivity (Wildman–Crippen MR) is 186 cm³/mol. The number of aromatic nitrogens is 1. The van der Waals surface area contributed by atoms with Crippen LogP contribution in [0.4, 0.5) is 0 Å². The number of hydrogen-bond donors (Lipinski definition) is 4. The topological polar surface area (TPSA) is 193 Å². The van der Waals surface area contributed by atoms with Gasteiger partial charge in [-0.25, -0.2) is 13.4 Å². The summed E-state index contributed by atoms with van der Waals surface area (Å²) in [5.74, 6) is -2.57. The van der Waals surface area contributed by atoms with Gasteiger partial charge >= 0.3 is 0 Å². The minimum Gasteiger partial charge on any atom is -0.491 e. The molecule has 7 rings (SSSR count). The lowest BCUT2D eigenvalue weighted by Gasteiger charge is -2.30. The van der Waals surface area contributed by atoms with E-state index >= 15 is 0 Å². The summed E-state index contributed by atoms with van der Waals surface area (Å²) in [7, 11) is -3.88. The second-order valence-electron chi connectivity index (χ2n) is 14.4. The number of allylic oxidation sites excluding steroid dienone is 1. The van der Waals surface area contributed by atoms with Gasteiger partial charge in [0.05, 0.1) is 11.9 Å². The number of nitrogens with one attached hydrogen (secondary N) is 4. The number of para-hydroxylation sites is 1. The van der Waals surface area contributed by atoms with Crippen molar-refractivity contribution in [2.45, 2.75) is 106 Å². The standard InChI is InChI=1S/C36H44N6O8S/c43-30-13-6-7-18-50-29-12-8-9-22-14-17-26(39-31(22)29)32(44)37-24-19-28-33(45)40-36(35(47)41-51(48,49)25-15-16-25)20-23(36)10-4-2-1-3-5-11-27(38-30)34(46)42(28)21-24/h4,8-10,12,14,17,23-25,27-28H,1-3,5-7,11,13,15-16,18-21H2,(H,37,44)(H,38,43)(H,40,45)(H,41,47)/t23-,24-,27+,28+,36-/m1/s1. The molecule has 2 saturated carbocycles. The number of pyridine rings is 1. The number of sulfonamides is 1. The van der Waals surface area contributed by atoms with E-state index in [2.05, 4.69) is 25.7 Å². The summed E-state index contributed by atoms with van der Waals surface area (Å²) in [4.78, 5) is 74.9. The van der Waals surface area contributed by atoms with E-state index < -0.39 is 68.5 Å². The van der Waals surface area contributed by atoms with Crippen LogP contribution < -0.4 is 25.4 Å². The molecule has 3 fully saturated rings. The normalized spacial score (nSPS) is 29.4. The third-order valence-electron chi connectivity index (χ3n) is 10.5. The summed E-state index contributed by atoms with van der Waals surface area (Å²) in [5, 5.41) is 8.87. The third-order valence-corrected chi connectivity index (χ3v) is 12.3. The number of carbonyl (C=O) groups is 5. The SMILES string of the molecule is O=C1CCCCOc2cccc3ccc(nc23)C(=O)N[C@@H]2C[C@H]3C(=O)N[C@]4(C(=O)NS(=O)(=O)C5CC5)C[C@H]4C=CCCCCC[C@H](N1)C(=O)N3C2. The van der Waals surface area contributed by atoms with E-state index in [-0.39, 0.29) is 37.4 Å². The average molecular weight is 721 g/mol. The molecule has 51 heavy (non-hydrogen) atoms. The Hall–Kier alpha value is -4.53. The minimum absolute atomic E-state index is 0.0183. The van der Waals surface area contributed by atoms with E-state index in [0.29, 0.717) is 62.8 Å². The van der Waals surface area contributed by atoms with Gasteiger partial charge in [-0.2, -0.15) is 0 Å². The van der Waals surface area contributed by atoms with Gasteiger partial charge in [-0.15, -0.1) is 0 Å². The van der Waals surface area contributed by atoms with Crippen LogP contribution in [0.15, 0.2) is 42.5 Å². The molecule has 0 unspecified atom stereocenters. The van der Waals surface area contributed by atoms with Crippen LogP contribution >= 0.6 is 0 Å². The number of nitrogens with zero attached hydrogens (tertiary/aromatic N) is 2. The molecule has 3 aliphatic heterocycles. The first-order chi connectivity index (χ1) is 24.5. The van der Waals surface area contributed by atoms with Gasteiger partial charge in [-0.05, 0) is 69.9 Å². The highest BCUT2D eigenvalue weighted by Gasteiger charge is 2.62. The lowest BCUT2D eigenvalue weighted by Crippen LogP contribution is -2.58. The van der Waals surface area contributed by atoms with Crippen LogP contribution in [0.5, 0.6) is 5.75 Å². The van der Waals surface area contributed by atoms with Crippen molar-refractivity contribution in [1.29, 1.82) is 0 Å². The lowest BCUT2D eigenvalue weighted by atomic mass is 10.0. The van der Waals surface area contributed by atoms with E-state index in [0.717, 1.165) is 18.2 Å². The van der Waals surface area contributed by atoms with Crippen molar-refractivity contribution in [2.75, 3.05) is 13.2 Å². The van der Waals surface area contributed by atoms with Crippen LogP contribution in [-0.2, 0) is 29.2 Å². The van der Waals surface area contributed by atoms with E-state index in [9.17, 15) is 32.4 Å². The Labute approximate surface area is 296 Å². The Bertz CT molecular complexity index is 1880. The fourth-order valence-electron chi connectivity index (χ4n) is 7.36. The zero-order chi connectivity index (χ0) is 35.8. The van der Waals surface area contributed by atoms with Crippen LogP contribution in [-0.4, -0.2) is 89.9 Å². The van der Waals surface area contributed by atoms with E-state index in [4.69, 9.17) is 4.74 Å². The van der Waals surface area contributed by atoms with Crippen LogP contribution in [0.25, 0.3) is 10.9 Å². The fourth-order valence-corrected chi connectivity index (χ4v) is 8.73. The molecule has 15 heteroatoms. The van der Waals surface area contributed by atoms with Crippen molar-refractivity contribution in [3.05, 3.63) is 48.2 Å². The second-order valence-corrected chi connectivity index (χ2v) is 16.3. The maximum absolute atomic E-state index is 14.3. The second kappa shape index (κ2) is 14.2. The highest BCUT2D eigenvalue weighted by molar-refractivity contribution is 7.91. The highest BCUT2D eigenvalue weighted by Crippen LogP contribution is 2.46. The summed E-state index contributed by atoms with van der Waals surface area (Å²) in [5.41, 5.74) is -0.841. The van der Waals surface area contributed by atoms with Gasteiger partial charge in [0.2, 0.25) is 27.7 Å². The van der Waals surface area contributed by atoms with Crippen LogP contribution in [0.1, 0.15) is 87.5 Å². The largest absolute Gasteiger partial charge is 0.491 e. The number of amides is 5. The molecule has 2 aliphatic carbocycles. The Kier molecular flexibility index (Phi) is 9.74. The Balaban J connectivity index is 1.20. The molecule has 0 spiro atoms. The molecular formula is C36H44N6O8S. The van der Waals surface area contributed by atoms with Crippen molar-refractivity contribution in [3.63, 3.8) is 0 Å². The number of benzene rings is 1. The van der Waals surface area contributed by atoms with Crippen LogP contribution in [0.3, 0.4) is 0 Å². The quantitative estimate of drug-likeness (QED) is 0.343. The molecule has 4 N–H and O–H groups in total. The first kappa shape index (κ1) is 34.9. The van der Waals surface area contributed by atoms with Crippen molar-refractivity contribution >= 4 is 50.5 Å². The minimum atomic E-state index is -3.88. The number of fused-ring (bicyclic) bond motifs is 4. The number of hydrogen-bond acceptors (Lipinski definition) is 9. The molecular weight excluding hydrogens is 676 g/mol. The van der Waals surface area contributed by atoms with Gasteiger partial charge in [0.25, 0.3) is 11.8 Å².